The number of carbonyl (C=O) groups excluding carboxylic acids is 2. The number of nitrogens with one attached hydrogen (secondary N) is 2. The molecule has 2 aromatic carbocycles. The maximum Gasteiger partial charge on any atom is 0.298 e. The maximum atomic E-state index is 12.5. The Morgan fingerprint density at radius 2 is 1.90 bits per heavy atom. The Morgan fingerprint density at radius 1 is 1.23 bits per heavy atom. The van der Waals surface area contributed by atoms with E-state index in [1.54, 1.807) is 12.1 Å². The lowest BCUT2D eigenvalue weighted by Gasteiger charge is -2.24. The molecule has 0 radical (unpaired) electrons. The fourth-order valence-electron chi connectivity index (χ4n) is 3.30. The Bertz CT molecular complexity index is 898. The van der Waals surface area contributed by atoms with Crippen molar-refractivity contribution in [3.63, 3.8) is 0 Å². The van der Waals surface area contributed by atoms with Gasteiger partial charge in [-0.25, -0.2) is 0 Å². The molecular formula is C23H25N3O5. The van der Waals surface area contributed by atoms with Gasteiger partial charge in [-0.1, -0.05) is 36.4 Å². The third kappa shape index (κ3) is 6.62. The standard InChI is InChI=1S/C23H25N3O5/c24-12-19(26-23(29)22-14-25-13-20(28)9-10-30-22)11-16-1-3-17(4-2-16)18-5-7-21(8-6-18)31-15-27/h1-8,15,19-20,22,25,28H,9-11,13-14H2,(H,26,29). The number of carbonyl (C=O) groups is 2. The molecule has 31 heavy (non-hydrogen) atoms. The molecule has 1 amide bonds. The van der Waals surface area contributed by atoms with Gasteiger partial charge in [-0.2, -0.15) is 5.26 Å². The number of ether oxygens (including phenoxy) is 2. The summed E-state index contributed by atoms with van der Waals surface area (Å²) in [4.78, 5) is 22.9. The summed E-state index contributed by atoms with van der Waals surface area (Å²) in [6.07, 6.45) is -0.358. The monoisotopic (exact) mass is 423 g/mol. The van der Waals surface area contributed by atoms with Crippen LogP contribution in [0.2, 0.25) is 0 Å². The van der Waals surface area contributed by atoms with Crippen molar-refractivity contribution in [1.82, 2.24) is 10.6 Å². The van der Waals surface area contributed by atoms with E-state index in [4.69, 9.17) is 9.47 Å². The normalized spacial score (nSPS) is 19.9. The van der Waals surface area contributed by atoms with Crippen LogP contribution < -0.4 is 15.4 Å². The molecule has 2 aromatic rings. The van der Waals surface area contributed by atoms with Crippen molar-refractivity contribution in [3.05, 3.63) is 54.1 Å². The first-order chi connectivity index (χ1) is 15.1. The van der Waals surface area contributed by atoms with Crippen LogP contribution in [0.15, 0.2) is 48.5 Å². The lowest BCUT2D eigenvalue weighted by atomic mass is 10.0. The molecule has 1 aliphatic heterocycles. The topological polar surface area (TPSA) is 121 Å². The molecule has 0 aliphatic carbocycles. The van der Waals surface area contributed by atoms with Crippen molar-refractivity contribution in [2.75, 3.05) is 19.7 Å². The zero-order valence-electron chi connectivity index (χ0n) is 17.0. The van der Waals surface area contributed by atoms with Crippen LogP contribution in [0.3, 0.4) is 0 Å². The molecule has 1 aliphatic rings. The molecule has 0 bridgehead atoms. The summed E-state index contributed by atoms with van der Waals surface area (Å²) < 4.78 is 10.3. The number of amides is 1. The lowest BCUT2D eigenvalue weighted by Crippen LogP contribution is -2.49. The molecule has 0 aromatic heterocycles. The number of aliphatic hydroxyl groups excluding tert-OH is 1. The van der Waals surface area contributed by atoms with Gasteiger partial charge < -0.3 is 25.2 Å². The Hall–Kier alpha value is -3.25. The second-order valence-corrected chi connectivity index (χ2v) is 7.29. The fourth-order valence-corrected chi connectivity index (χ4v) is 3.30. The average molecular weight is 423 g/mol. The van der Waals surface area contributed by atoms with E-state index in [-0.39, 0.29) is 12.5 Å². The number of hydrogen-bond acceptors (Lipinski definition) is 7. The summed E-state index contributed by atoms with van der Waals surface area (Å²) in [6, 6.07) is 16.3. The van der Waals surface area contributed by atoms with Crippen molar-refractivity contribution < 1.29 is 24.2 Å². The summed E-state index contributed by atoms with van der Waals surface area (Å²) >= 11 is 0. The van der Waals surface area contributed by atoms with E-state index >= 15 is 0 Å². The van der Waals surface area contributed by atoms with Gasteiger partial charge in [0, 0.05) is 19.5 Å². The van der Waals surface area contributed by atoms with Gasteiger partial charge in [-0.3, -0.25) is 9.59 Å². The van der Waals surface area contributed by atoms with Crippen LogP contribution in [-0.4, -0.2) is 55.4 Å². The van der Waals surface area contributed by atoms with E-state index in [0.29, 0.717) is 38.2 Å². The minimum atomic E-state index is -0.697. The van der Waals surface area contributed by atoms with E-state index in [1.807, 2.05) is 36.4 Å². The first-order valence-corrected chi connectivity index (χ1v) is 10.1. The zero-order valence-corrected chi connectivity index (χ0v) is 17.0. The molecule has 8 nitrogen and oxygen atoms in total. The van der Waals surface area contributed by atoms with Crippen LogP contribution in [0.1, 0.15) is 12.0 Å². The molecule has 3 rings (SSSR count). The molecular weight excluding hydrogens is 398 g/mol. The second-order valence-electron chi connectivity index (χ2n) is 7.29. The summed E-state index contributed by atoms with van der Waals surface area (Å²) in [5.41, 5.74) is 2.86. The van der Waals surface area contributed by atoms with Crippen molar-refractivity contribution in [2.24, 2.45) is 0 Å². The molecule has 1 saturated heterocycles. The van der Waals surface area contributed by atoms with Gasteiger partial charge in [0.1, 0.15) is 17.9 Å². The third-order valence-electron chi connectivity index (χ3n) is 5.01. The number of nitrogens with zero attached hydrogens (tertiary/aromatic N) is 1. The summed E-state index contributed by atoms with van der Waals surface area (Å²) in [5.74, 6) is 0.132. The Balaban J connectivity index is 1.56. The smallest absolute Gasteiger partial charge is 0.298 e. The molecule has 3 N–H and O–H groups in total. The van der Waals surface area contributed by atoms with Crippen LogP contribution in [0.4, 0.5) is 0 Å². The van der Waals surface area contributed by atoms with Crippen molar-refractivity contribution >= 4 is 12.4 Å². The molecule has 8 heteroatoms. The number of β-amino-alcohol motifs (C(OH)–C–C–N with tert-alkyl or cyclic N) is 1. The minimum Gasteiger partial charge on any atom is -0.429 e. The third-order valence-corrected chi connectivity index (χ3v) is 5.01. The highest BCUT2D eigenvalue weighted by atomic mass is 16.5. The van der Waals surface area contributed by atoms with Crippen molar-refractivity contribution in [3.8, 4) is 22.9 Å². The van der Waals surface area contributed by atoms with Gasteiger partial charge in [0.15, 0.2) is 0 Å². The molecule has 3 atom stereocenters. The van der Waals surface area contributed by atoms with Crippen LogP contribution in [0, 0.1) is 11.3 Å². The van der Waals surface area contributed by atoms with E-state index in [0.717, 1.165) is 16.7 Å². The van der Waals surface area contributed by atoms with E-state index in [1.165, 1.54) is 0 Å². The van der Waals surface area contributed by atoms with E-state index in [2.05, 4.69) is 16.7 Å². The van der Waals surface area contributed by atoms with Crippen LogP contribution in [0.25, 0.3) is 11.1 Å². The summed E-state index contributed by atoms with van der Waals surface area (Å²) in [7, 11) is 0. The number of rotatable bonds is 7. The van der Waals surface area contributed by atoms with Gasteiger partial charge in [-0.15, -0.1) is 0 Å². The predicted octanol–water partition coefficient (Wildman–Crippen LogP) is 1.18. The minimum absolute atomic E-state index is 0.284. The van der Waals surface area contributed by atoms with Crippen molar-refractivity contribution in [1.29, 1.82) is 5.26 Å². The van der Waals surface area contributed by atoms with Crippen LogP contribution in [-0.2, 0) is 20.7 Å². The summed E-state index contributed by atoms with van der Waals surface area (Å²) in [6.45, 7) is 1.38. The van der Waals surface area contributed by atoms with Gasteiger partial charge in [-0.05, 0) is 35.2 Å². The van der Waals surface area contributed by atoms with Gasteiger partial charge in [0.05, 0.1) is 18.8 Å². The molecule has 3 unspecified atom stereocenters. The van der Waals surface area contributed by atoms with Gasteiger partial charge in [0.25, 0.3) is 12.4 Å². The summed E-state index contributed by atoms with van der Waals surface area (Å²) in [5, 5.41) is 24.8. The van der Waals surface area contributed by atoms with Crippen LogP contribution in [0.5, 0.6) is 5.75 Å². The maximum absolute atomic E-state index is 12.5. The Kier molecular flexibility index (Phi) is 8.12. The fraction of sp³-hybridized carbons (Fsp3) is 0.348. The SMILES string of the molecule is N#CC(Cc1ccc(-c2ccc(OC=O)cc2)cc1)NC(=O)C1CNCC(O)CCO1. The number of aliphatic hydroxyl groups is 1. The highest BCUT2D eigenvalue weighted by Gasteiger charge is 2.24. The number of benzene rings is 2. The first kappa shape index (κ1) is 22.4. The number of hydrogen-bond donors (Lipinski definition) is 3. The second kappa shape index (κ2) is 11.2. The van der Waals surface area contributed by atoms with Crippen LogP contribution >= 0.6 is 0 Å². The Morgan fingerprint density at radius 3 is 2.55 bits per heavy atom. The average Bonchev–Trinajstić information content (AvgIpc) is 2.77. The van der Waals surface area contributed by atoms with Crippen molar-refractivity contribution in [2.45, 2.75) is 31.1 Å². The van der Waals surface area contributed by atoms with E-state index in [9.17, 15) is 20.0 Å². The number of nitriles is 1. The lowest BCUT2D eigenvalue weighted by molar-refractivity contribution is -0.134. The Labute approximate surface area is 180 Å². The highest BCUT2D eigenvalue weighted by molar-refractivity contribution is 5.81. The predicted molar refractivity (Wildman–Crippen MR) is 113 cm³/mol. The molecule has 0 spiro atoms. The largest absolute Gasteiger partial charge is 0.429 e. The highest BCUT2D eigenvalue weighted by Crippen LogP contribution is 2.23. The molecule has 0 saturated carbocycles. The first-order valence-electron chi connectivity index (χ1n) is 10.1. The van der Waals surface area contributed by atoms with Gasteiger partial charge in [0.2, 0.25) is 0 Å². The molecule has 1 fully saturated rings. The van der Waals surface area contributed by atoms with E-state index < -0.39 is 18.2 Å². The zero-order chi connectivity index (χ0) is 22.1. The molecule has 1 heterocycles. The molecule has 162 valence electrons. The quantitative estimate of drug-likeness (QED) is 0.572. The van der Waals surface area contributed by atoms with Gasteiger partial charge >= 0.3 is 0 Å².